The fraction of sp³-hybridized carbons (Fsp3) is 0.231. The molecule has 0 fully saturated rings. The maximum atomic E-state index is 12.4. The smallest absolute Gasteiger partial charge is 0.330 e. The topological polar surface area (TPSA) is 51.8 Å². The standard InChI is InChI=1S/C13H12F3N3S/c14-13(15,16)10-3-4-11(19-8-10)20-12-9(5-6-17)2-1-7-18-12/h1-4,7-8H,5-6,17H2. The lowest BCUT2D eigenvalue weighted by molar-refractivity contribution is -0.137. The van der Waals surface area contributed by atoms with E-state index in [-0.39, 0.29) is 0 Å². The summed E-state index contributed by atoms with van der Waals surface area (Å²) in [4.78, 5) is 8.02. The predicted molar refractivity (Wildman–Crippen MR) is 70.4 cm³/mol. The minimum absolute atomic E-state index is 0.468. The number of hydrogen-bond donors (Lipinski definition) is 1. The predicted octanol–water partition coefficient (Wildman–Crippen LogP) is 3.15. The lowest BCUT2D eigenvalue weighted by Gasteiger charge is -2.08. The Hall–Kier alpha value is -1.60. The Kier molecular flexibility index (Phi) is 4.61. The molecule has 2 heterocycles. The summed E-state index contributed by atoms with van der Waals surface area (Å²) in [6.07, 6.45) is -1.25. The highest BCUT2D eigenvalue weighted by Gasteiger charge is 2.30. The zero-order chi connectivity index (χ0) is 14.6. The van der Waals surface area contributed by atoms with Gasteiger partial charge in [-0.3, -0.25) is 0 Å². The van der Waals surface area contributed by atoms with Crippen LogP contribution in [0.2, 0.25) is 0 Å². The summed E-state index contributed by atoms with van der Waals surface area (Å²) in [6.45, 7) is 0.486. The van der Waals surface area contributed by atoms with Gasteiger partial charge in [0.25, 0.3) is 0 Å². The van der Waals surface area contributed by atoms with Gasteiger partial charge in [-0.1, -0.05) is 6.07 Å². The molecule has 2 aromatic heterocycles. The summed E-state index contributed by atoms with van der Waals surface area (Å²) in [7, 11) is 0. The first kappa shape index (κ1) is 14.8. The van der Waals surface area contributed by atoms with Crippen molar-refractivity contribution < 1.29 is 13.2 Å². The normalized spacial score (nSPS) is 11.6. The van der Waals surface area contributed by atoms with Crippen LogP contribution in [-0.2, 0) is 12.6 Å². The minimum Gasteiger partial charge on any atom is -0.330 e. The molecule has 0 aliphatic carbocycles. The summed E-state index contributed by atoms with van der Waals surface area (Å²) < 4.78 is 37.3. The molecule has 0 amide bonds. The second kappa shape index (κ2) is 6.23. The lowest BCUT2D eigenvalue weighted by Crippen LogP contribution is -2.05. The first-order chi connectivity index (χ1) is 9.50. The molecule has 2 rings (SSSR count). The first-order valence-electron chi connectivity index (χ1n) is 5.86. The Balaban J connectivity index is 2.18. The van der Waals surface area contributed by atoms with Crippen molar-refractivity contribution in [2.24, 2.45) is 5.73 Å². The molecule has 0 radical (unpaired) electrons. The Bertz CT molecular complexity index is 570. The zero-order valence-corrected chi connectivity index (χ0v) is 11.2. The molecule has 2 aromatic rings. The van der Waals surface area contributed by atoms with Gasteiger partial charge < -0.3 is 5.73 Å². The molecule has 2 N–H and O–H groups in total. The molecular formula is C13H12F3N3S. The molecule has 0 aliphatic heterocycles. The van der Waals surface area contributed by atoms with E-state index in [4.69, 9.17) is 5.73 Å². The van der Waals surface area contributed by atoms with Crippen molar-refractivity contribution in [1.29, 1.82) is 0 Å². The Morgan fingerprint density at radius 3 is 2.55 bits per heavy atom. The van der Waals surface area contributed by atoms with E-state index < -0.39 is 11.7 Å². The summed E-state index contributed by atoms with van der Waals surface area (Å²) in [6, 6.07) is 6.05. The fourth-order valence-electron chi connectivity index (χ4n) is 1.57. The average Bonchev–Trinajstić information content (AvgIpc) is 2.41. The number of nitrogens with two attached hydrogens (primary N) is 1. The molecule has 0 aliphatic rings. The molecule has 0 aromatic carbocycles. The second-order valence-corrected chi connectivity index (χ2v) is 5.00. The van der Waals surface area contributed by atoms with Crippen LogP contribution in [0.25, 0.3) is 0 Å². The van der Waals surface area contributed by atoms with Gasteiger partial charge in [0.15, 0.2) is 0 Å². The van der Waals surface area contributed by atoms with E-state index in [1.54, 1.807) is 12.3 Å². The molecule has 0 atom stereocenters. The maximum absolute atomic E-state index is 12.4. The van der Waals surface area contributed by atoms with Gasteiger partial charge in [0.05, 0.1) is 5.56 Å². The third-order valence-corrected chi connectivity index (χ3v) is 3.54. The Morgan fingerprint density at radius 2 is 1.95 bits per heavy atom. The van der Waals surface area contributed by atoms with E-state index in [2.05, 4.69) is 9.97 Å². The van der Waals surface area contributed by atoms with E-state index >= 15 is 0 Å². The summed E-state index contributed by atoms with van der Waals surface area (Å²) in [5.41, 5.74) is 5.71. The van der Waals surface area contributed by atoms with E-state index in [1.807, 2.05) is 6.07 Å². The number of rotatable bonds is 4. The van der Waals surface area contributed by atoms with Gasteiger partial charge in [-0.05, 0) is 48.5 Å². The second-order valence-electron chi connectivity index (χ2n) is 3.99. The molecule has 0 saturated carbocycles. The van der Waals surface area contributed by atoms with Gasteiger partial charge in [-0.25, -0.2) is 9.97 Å². The number of nitrogens with zero attached hydrogens (tertiary/aromatic N) is 2. The van der Waals surface area contributed by atoms with Crippen molar-refractivity contribution in [1.82, 2.24) is 9.97 Å². The summed E-state index contributed by atoms with van der Waals surface area (Å²) in [5, 5.41) is 1.18. The van der Waals surface area contributed by atoms with Crippen molar-refractivity contribution >= 4 is 11.8 Å². The van der Waals surface area contributed by atoms with Crippen LogP contribution in [-0.4, -0.2) is 16.5 Å². The van der Waals surface area contributed by atoms with Gasteiger partial charge in [0.1, 0.15) is 10.1 Å². The molecule has 20 heavy (non-hydrogen) atoms. The van der Waals surface area contributed by atoms with Crippen LogP contribution in [0.15, 0.2) is 46.7 Å². The third kappa shape index (κ3) is 3.71. The van der Waals surface area contributed by atoms with Crippen LogP contribution in [0.5, 0.6) is 0 Å². The maximum Gasteiger partial charge on any atom is 0.417 e. The Labute approximate surface area is 118 Å². The molecule has 106 valence electrons. The molecule has 7 heteroatoms. The van der Waals surface area contributed by atoms with E-state index in [0.717, 1.165) is 17.8 Å². The highest BCUT2D eigenvalue weighted by molar-refractivity contribution is 7.99. The molecule has 0 unspecified atom stereocenters. The average molecular weight is 299 g/mol. The minimum atomic E-state index is -4.37. The SMILES string of the molecule is NCCc1cccnc1Sc1ccc(C(F)(F)F)cn1. The number of alkyl halides is 3. The van der Waals surface area contributed by atoms with E-state index in [9.17, 15) is 13.2 Å². The quantitative estimate of drug-likeness (QED) is 0.942. The third-order valence-electron chi connectivity index (χ3n) is 2.53. The number of aromatic nitrogens is 2. The van der Waals surface area contributed by atoms with Crippen molar-refractivity contribution in [3.63, 3.8) is 0 Å². The summed E-state index contributed by atoms with van der Waals surface area (Å²) >= 11 is 1.23. The van der Waals surface area contributed by atoms with Crippen molar-refractivity contribution in [3.8, 4) is 0 Å². The highest BCUT2D eigenvalue weighted by Crippen LogP contribution is 2.31. The van der Waals surface area contributed by atoms with Crippen molar-refractivity contribution in [3.05, 3.63) is 47.8 Å². The number of pyridine rings is 2. The van der Waals surface area contributed by atoms with Crippen LogP contribution in [0.4, 0.5) is 13.2 Å². The van der Waals surface area contributed by atoms with Crippen molar-refractivity contribution in [2.45, 2.75) is 22.6 Å². The number of halogens is 3. The van der Waals surface area contributed by atoms with Crippen molar-refractivity contribution in [2.75, 3.05) is 6.54 Å². The highest BCUT2D eigenvalue weighted by atomic mass is 32.2. The van der Waals surface area contributed by atoms with E-state index in [1.165, 1.54) is 17.8 Å². The zero-order valence-electron chi connectivity index (χ0n) is 10.4. The van der Waals surface area contributed by atoms with Crippen LogP contribution in [0.1, 0.15) is 11.1 Å². The molecule has 0 bridgehead atoms. The van der Waals surface area contributed by atoms with Gasteiger partial charge in [0, 0.05) is 12.4 Å². The first-order valence-corrected chi connectivity index (χ1v) is 6.67. The van der Waals surface area contributed by atoms with Gasteiger partial charge in [-0.15, -0.1) is 0 Å². The largest absolute Gasteiger partial charge is 0.417 e. The van der Waals surface area contributed by atoms with E-state index in [0.29, 0.717) is 23.0 Å². The van der Waals surface area contributed by atoms with Crippen LogP contribution < -0.4 is 5.73 Å². The molecule has 0 saturated heterocycles. The molecule has 0 spiro atoms. The monoisotopic (exact) mass is 299 g/mol. The molecule has 3 nitrogen and oxygen atoms in total. The van der Waals surface area contributed by atoms with Crippen LogP contribution in [0.3, 0.4) is 0 Å². The summed E-state index contributed by atoms with van der Waals surface area (Å²) in [5.74, 6) is 0. The number of hydrogen-bond acceptors (Lipinski definition) is 4. The molecular weight excluding hydrogens is 287 g/mol. The van der Waals surface area contributed by atoms with Gasteiger partial charge in [-0.2, -0.15) is 13.2 Å². The lowest BCUT2D eigenvalue weighted by atomic mass is 10.2. The van der Waals surface area contributed by atoms with Gasteiger partial charge in [0.2, 0.25) is 0 Å². The van der Waals surface area contributed by atoms with Crippen LogP contribution >= 0.6 is 11.8 Å². The Morgan fingerprint density at radius 1 is 1.15 bits per heavy atom. The van der Waals surface area contributed by atoms with Crippen LogP contribution in [0, 0.1) is 0 Å². The fourth-order valence-corrected chi connectivity index (χ4v) is 2.42. The van der Waals surface area contributed by atoms with Gasteiger partial charge >= 0.3 is 6.18 Å².